The smallest absolute Gasteiger partial charge is 0.0924 e. The molecule has 1 fully saturated rings. The summed E-state index contributed by atoms with van der Waals surface area (Å²) < 4.78 is 3.92. The second kappa shape index (κ2) is 4.84. The topological polar surface area (TPSA) is 37.8 Å². The van der Waals surface area contributed by atoms with E-state index in [2.05, 4.69) is 20.3 Å². The molecule has 1 atom stereocenters. The molecule has 1 N–H and O–H groups in total. The summed E-state index contributed by atoms with van der Waals surface area (Å²) in [5.74, 6) is 0.897. The first-order chi connectivity index (χ1) is 6.90. The zero-order chi connectivity index (χ0) is 9.80. The van der Waals surface area contributed by atoms with E-state index in [1.165, 1.54) is 43.6 Å². The fraction of sp³-hybridized carbons (Fsp3) is 0.800. The summed E-state index contributed by atoms with van der Waals surface area (Å²) in [6, 6.07) is 0.414. The van der Waals surface area contributed by atoms with Gasteiger partial charge in [0.25, 0.3) is 0 Å². The van der Waals surface area contributed by atoms with Crippen LogP contribution in [0.4, 0.5) is 0 Å². The van der Waals surface area contributed by atoms with Crippen LogP contribution in [0.1, 0.15) is 43.8 Å². The van der Waals surface area contributed by atoms with Crippen LogP contribution in [0.25, 0.3) is 0 Å². The zero-order valence-electron chi connectivity index (χ0n) is 8.57. The van der Waals surface area contributed by atoms with Gasteiger partial charge in [-0.25, -0.2) is 0 Å². The number of nitrogens with zero attached hydrogens (tertiary/aromatic N) is 2. The van der Waals surface area contributed by atoms with Gasteiger partial charge in [-0.05, 0) is 30.9 Å². The SMILES string of the molecule is CNC(CC1CCCC1)c1csnn1. The van der Waals surface area contributed by atoms with Crippen LogP contribution in [0, 0.1) is 5.92 Å². The average Bonchev–Trinajstić information content (AvgIpc) is 2.86. The normalized spacial score (nSPS) is 20.1. The Bertz CT molecular complexity index is 254. The second-order valence-electron chi connectivity index (χ2n) is 4.06. The van der Waals surface area contributed by atoms with Gasteiger partial charge >= 0.3 is 0 Å². The molecular weight excluding hydrogens is 194 g/mol. The van der Waals surface area contributed by atoms with E-state index in [1.54, 1.807) is 0 Å². The molecule has 1 aromatic rings. The predicted octanol–water partition coefficient (Wildman–Crippen LogP) is 2.38. The largest absolute Gasteiger partial charge is 0.312 e. The molecule has 0 bridgehead atoms. The number of hydrogen-bond donors (Lipinski definition) is 1. The Morgan fingerprint density at radius 3 is 2.93 bits per heavy atom. The summed E-state index contributed by atoms with van der Waals surface area (Å²) in [5.41, 5.74) is 1.12. The Hall–Kier alpha value is -0.480. The van der Waals surface area contributed by atoms with Crippen molar-refractivity contribution in [3.8, 4) is 0 Å². The van der Waals surface area contributed by atoms with Gasteiger partial charge in [0.2, 0.25) is 0 Å². The van der Waals surface area contributed by atoms with Crippen LogP contribution in [0.3, 0.4) is 0 Å². The lowest BCUT2D eigenvalue weighted by Crippen LogP contribution is -2.19. The van der Waals surface area contributed by atoms with Gasteiger partial charge in [-0.2, -0.15) is 0 Å². The molecule has 2 rings (SSSR count). The molecule has 1 aliphatic carbocycles. The molecule has 0 saturated heterocycles. The van der Waals surface area contributed by atoms with E-state index >= 15 is 0 Å². The van der Waals surface area contributed by atoms with Gasteiger partial charge in [-0.15, -0.1) is 5.10 Å². The van der Waals surface area contributed by atoms with Crippen LogP contribution < -0.4 is 5.32 Å². The zero-order valence-corrected chi connectivity index (χ0v) is 9.39. The van der Waals surface area contributed by atoms with E-state index in [1.807, 2.05) is 7.05 Å². The molecule has 0 radical (unpaired) electrons. The maximum Gasteiger partial charge on any atom is 0.0924 e. The maximum absolute atomic E-state index is 4.14. The van der Waals surface area contributed by atoms with Crippen LogP contribution in [-0.2, 0) is 0 Å². The van der Waals surface area contributed by atoms with Gasteiger partial charge in [-0.1, -0.05) is 30.2 Å². The van der Waals surface area contributed by atoms with Gasteiger partial charge in [0.15, 0.2) is 0 Å². The van der Waals surface area contributed by atoms with Gasteiger partial charge in [0.1, 0.15) is 0 Å². The fourth-order valence-electron chi connectivity index (χ4n) is 2.29. The van der Waals surface area contributed by atoms with Crippen molar-refractivity contribution in [3.63, 3.8) is 0 Å². The standard InChI is InChI=1S/C10H17N3S/c1-11-9(10-7-14-13-12-10)6-8-4-2-3-5-8/h7-9,11H,2-6H2,1H3. The highest BCUT2D eigenvalue weighted by atomic mass is 32.1. The highest BCUT2D eigenvalue weighted by Gasteiger charge is 2.21. The van der Waals surface area contributed by atoms with Crippen LogP contribution in [0.2, 0.25) is 0 Å². The van der Waals surface area contributed by atoms with Crippen molar-refractivity contribution < 1.29 is 0 Å². The molecule has 1 unspecified atom stereocenters. The van der Waals surface area contributed by atoms with Crippen molar-refractivity contribution in [1.29, 1.82) is 0 Å². The van der Waals surface area contributed by atoms with E-state index < -0.39 is 0 Å². The van der Waals surface area contributed by atoms with Crippen LogP contribution in [-0.4, -0.2) is 16.6 Å². The lowest BCUT2D eigenvalue weighted by molar-refractivity contribution is 0.407. The minimum absolute atomic E-state index is 0.414. The number of nitrogens with one attached hydrogen (secondary N) is 1. The van der Waals surface area contributed by atoms with Gasteiger partial charge < -0.3 is 5.32 Å². The average molecular weight is 211 g/mol. The Balaban J connectivity index is 1.93. The maximum atomic E-state index is 4.14. The van der Waals surface area contributed by atoms with Crippen molar-refractivity contribution in [2.75, 3.05) is 7.05 Å². The summed E-state index contributed by atoms with van der Waals surface area (Å²) in [6.07, 6.45) is 6.85. The quantitative estimate of drug-likeness (QED) is 0.831. The molecule has 3 nitrogen and oxygen atoms in total. The number of rotatable bonds is 4. The molecular formula is C10H17N3S. The molecule has 4 heteroatoms. The lowest BCUT2D eigenvalue weighted by atomic mass is 9.97. The molecule has 1 saturated carbocycles. The monoisotopic (exact) mass is 211 g/mol. The Kier molecular flexibility index (Phi) is 3.48. The summed E-state index contributed by atoms with van der Waals surface area (Å²) in [5, 5.41) is 9.52. The van der Waals surface area contributed by atoms with Crippen molar-refractivity contribution in [3.05, 3.63) is 11.1 Å². The number of hydrogen-bond acceptors (Lipinski definition) is 4. The van der Waals surface area contributed by atoms with Gasteiger partial charge in [0, 0.05) is 5.38 Å². The molecule has 0 spiro atoms. The van der Waals surface area contributed by atoms with E-state index in [9.17, 15) is 0 Å². The van der Waals surface area contributed by atoms with E-state index in [0.717, 1.165) is 11.6 Å². The summed E-state index contributed by atoms with van der Waals surface area (Å²) in [4.78, 5) is 0. The fourth-order valence-corrected chi connectivity index (χ4v) is 2.80. The highest BCUT2D eigenvalue weighted by Crippen LogP contribution is 2.32. The van der Waals surface area contributed by atoms with Crippen LogP contribution in [0.5, 0.6) is 0 Å². The summed E-state index contributed by atoms with van der Waals surface area (Å²) >= 11 is 1.44. The van der Waals surface area contributed by atoms with Crippen molar-refractivity contribution in [2.45, 2.75) is 38.1 Å². The van der Waals surface area contributed by atoms with Gasteiger partial charge in [0.05, 0.1) is 11.7 Å². The molecule has 1 heterocycles. The van der Waals surface area contributed by atoms with Crippen LogP contribution >= 0.6 is 11.5 Å². The molecule has 1 aliphatic rings. The predicted molar refractivity (Wildman–Crippen MR) is 58.3 cm³/mol. The van der Waals surface area contributed by atoms with Crippen molar-refractivity contribution in [2.24, 2.45) is 5.92 Å². The number of aromatic nitrogens is 2. The Morgan fingerprint density at radius 2 is 2.36 bits per heavy atom. The highest BCUT2D eigenvalue weighted by molar-refractivity contribution is 7.03. The minimum atomic E-state index is 0.414. The third kappa shape index (κ3) is 2.30. The van der Waals surface area contributed by atoms with Crippen molar-refractivity contribution in [1.82, 2.24) is 14.9 Å². The Morgan fingerprint density at radius 1 is 1.57 bits per heavy atom. The van der Waals surface area contributed by atoms with E-state index in [4.69, 9.17) is 0 Å². The van der Waals surface area contributed by atoms with Gasteiger partial charge in [-0.3, -0.25) is 0 Å². The van der Waals surface area contributed by atoms with E-state index in [-0.39, 0.29) is 0 Å². The summed E-state index contributed by atoms with van der Waals surface area (Å²) in [6.45, 7) is 0. The minimum Gasteiger partial charge on any atom is -0.312 e. The third-order valence-electron chi connectivity index (χ3n) is 3.13. The summed E-state index contributed by atoms with van der Waals surface area (Å²) in [7, 11) is 2.01. The molecule has 0 aliphatic heterocycles. The lowest BCUT2D eigenvalue weighted by Gasteiger charge is -2.17. The molecule has 1 aromatic heterocycles. The van der Waals surface area contributed by atoms with Crippen molar-refractivity contribution >= 4 is 11.5 Å². The molecule has 0 amide bonds. The first-order valence-electron chi connectivity index (χ1n) is 5.34. The molecule has 78 valence electrons. The first kappa shape index (κ1) is 10.1. The van der Waals surface area contributed by atoms with Crippen LogP contribution in [0.15, 0.2) is 5.38 Å². The molecule has 0 aromatic carbocycles. The molecule has 14 heavy (non-hydrogen) atoms. The second-order valence-corrected chi connectivity index (χ2v) is 4.67. The first-order valence-corrected chi connectivity index (χ1v) is 6.18. The van der Waals surface area contributed by atoms with E-state index in [0.29, 0.717) is 6.04 Å². The third-order valence-corrected chi connectivity index (χ3v) is 3.65. The Labute approximate surface area is 89.1 Å².